The number of benzene rings is 2. The van der Waals surface area contributed by atoms with E-state index in [2.05, 4.69) is 5.32 Å². The predicted octanol–water partition coefficient (Wildman–Crippen LogP) is 4.85. The molecule has 10 heteroatoms. The zero-order chi connectivity index (χ0) is 24.1. The van der Waals surface area contributed by atoms with Gasteiger partial charge in [0.05, 0.1) is 29.2 Å². The molecule has 1 aliphatic heterocycles. The zero-order valence-electron chi connectivity index (χ0n) is 18.3. The number of ether oxygens (including phenoxy) is 1. The molecule has 180 valence electrons. The Bertz CT molecular complexity index is 1060. The van der Waals surface area contributed by atoms with Gasteiger partial charge in [0.2, 0.25) is 15.9 Å². The second kappa shape index (κ2) is 10.6. The first-order valence-corrected chi connectivity index (χ1v) is 12.3. The van der Waals surface area contributed by atoms with Crippen LogP contribution in [0.25, 0.3) is 0 Å². The molecule has 0 saturated carbocycles. The van der Waals surface area contributed by atoms with Gasteiger partial charge >= 0.3 is 6.18 Å². The predicted molar refractivity (Wildman–Crippen MR) is 119 cm³/mol. The largest absolute Gasteiger partial charge is 0.491 e. The highest BCUT2D eigenvalue weighted by molar-refractivity contribution is 7.89. The number of alkyl halides is 3. The molecule has 0 aliphatic carbocycles. The Balaban J connectivity index is 1.71. The molecule has 1 amide bonds. The normalized spacial score (nSPS) is 15.3. The molecule has 1 saturated heterocycles. The van der Waals surface area contributed by atoms with Gasteiger partial charge in [-0.1, -0.05) is 25.5 Å². The van der Waals surface area contributed by atoms with Crippen LogP contribution in [0.3, 0.4) is 0 Å². The molecule has 33 heavy (non-hydrogen) atoms. The van der Waals surface area contributed by atoms with Crippen molar-refractivity contribution in [2.24, 2.45) is 0 Å². The SMILES string of the molecule is CCCOc1ccc(C(F)(F)F)cc1NC(=O)Cc1ccc(S(=O)(=O)N2CCCCC2)cc1. The monoisotopic (exact) mass is 484 g/mol. The third kappa shape index (κ3) is 6.48. The van der Waals surface area contributed by atoms with E-state index in [1.165, 1.54) is 34.6 Å². The summed E-state index contributed by atoms with van der Waals surface area (Å²) >= 11 is 0. The highest BCUT2D eigenvalue weighted by Crippen LogP contribution is 2.35. The lowest BCUT2D eigenvalue weighted by molar-refractivity contribution is -0.137. The first-order chi connectivity index (χ1) is 15.6. The average molecular weight is 485 g/mol. The number of rotatable bonds is 8. The van der Waals surface area contributed by atoms with Crippen LogP contribution in [0.4, 0.5) is 18.9 Å². The molecular formula is C23H27F3N2O4S. The maximum atomic E-state index is 13.1. The average Bonchev–Trinajstić information content (AvgIpc) is 2.78. The van der Waals surface area contributed by atoms with Crippen LogP contribution in [-0.4, -0.2) is 38.3 Å². The van der Waals surface area contributed by atoms with Crippen molar-refractivity contribution in [2.45, 2.75) is 50.1 Å². The highest BCUT2D eigenvalue weighted by Gasteiger charge is 2.31. The summed E-state index contributed by atoms with van der Waals surface area (Å²) in [5, 5.41) is 2.49. The maximum absolute atomic E-state index is 13.1. The van der Waals surface area contributed by atoms with Crippen molar-refractivity contribution in [2.75, 3.05) is 25.0 Å². The Morgan fingerprint density at radius 3 is 2.33 bits per heavy atom. The molecule has 0 unspecified atom stereocenters. The van der Waals surface area contributed by atoms with Gasteiger partial charge in [0, 0.05) is 13.1 Å². The number of sulfonamides is 1. The third-order valence-corrected chi connectivity index (χ3v) is 7.20. The number of halogens is 3. The Morgan fingerprint density at radius 1 is 1.06 bits per heavy atom. The summed E-state index contributed by atoms with van der Waals surface area (Å²) in [4.78, 5) is 12.7. The summed E-state index contributed by atoms with van der Waals surface area (Å²) in [6.45, 7) is 3.14. The van der Waals surface area contributed by atoms with Crippen molar-refractivity contribution in [1.82, 2.24) is 4.31 Å². The van der Waals surface area contributed by atoms with Gasteiger partial charge in [-0.15, -0.1) is 0 Å². The molecule has 0 atom stereocenters. The van der Waals surface area contributed by atoms with Gasteiger partial charge in [-0.2, -0.15) is 17.5 Å². The Hall–Kier alpha value is -2.59. The third-order valence-electron chi connectivity index (χ3n) is 5.28. The second-order valence-corrected chi connectivity index (χ2v) is 9.83. The minimum Gasteiger partial charge on any atom is -0.491 e. The van der Waals surface area contributed by atoms with Gasteiger partial charge in [-0.05, 0) is 55.2 Å². The maximum Gasteiger partial charge on any atom is 0.416 e. The number of hydrogen-bond donors (Lipinski definition) is 1. The van der Waals surface area contributed by atoms with Gasteiger partial charge in [0.15, 0.2) is 0 Å². The molecular weight excluding hydrogens is 457 g/mol. The van der Waals surface area contributed by atoms with Crippen LogP contribution in [0.1, 0.15) is 43.7 Å². The quantitative estimate of drug-likeness (QED) is 0.581. The van der Waals surface area contributed by atoms with Gasteiger partial charge in [-0.3, -0.25) is 4.79 Å². The molecule has 0 bridgehead atoms. The van der Waals surface area contributed by atoms with E-state index in [1.807, 2.05) is 6.92 Å². The van der Waals surface area contributed by atoms with Crippen LogP contribution in [0.15, 0.2) is 47.4 Å². The lowest BCUT2D eigenvalue weighted by Gasteiger charge is -2.25. The van der Waals surface area contributed by atoms with E-state index < -0.39 is 27.7 Å². The van der Waals surface area contributed by atoms with Gasteiger partial charge in [0.25, 0.3) is 0 Å². The second-order valence-electron chi connectivity index (χ2n) is 7.89. The number of carbonyl (C=O) groups excluding carboxylic acids is 1. The van der Waals surface area contributed by atoms with Crippen molar-refractivity contribution in [3.63, 3.8) is 0 Å². The fourth-order valence-corrected chi connectivity index (χ4v) is 5.07. The first kappa shape index (κ1) is 25.0. The van der Waals surface area contributed by atoms with Gasteiger partial charge < -0.3 is 10.1 Å². The van der Waals surface area contributed by atoms with Crippen molar-refractivity contribution >= 4 is 21.6 Å². The van der Waals surface area contributed by atoms with E-state index in [-0.39, 0.29) is 22.8 Å². The summed E-state index contributed by atoms with van der Waals surface area (Å²) in [6, 6.07) is 8.92. The van der Waals surface area contributed by atoms with Crippen molar-refractivity contribution < 1.29 is 31.1 Å². The molecule has 1 fully saturated rings. The van der Waals surface area contributed by atoms with Crippen molar-refractivity contribution in [3.05, 3.63) is 53.6 Å². The highest BCUT2D eigenvalue weighted by atomic mass is 32.2. The summed E-state index contributed by atoms with van der Waals surface area (Å²) < 4.78 is 71.7. The Kier molecular flexibility index (Phi) is 8.01. The standard InChI is InChI=1S/C23H27F3N2O4S/c1-2-14-32-21-11-8-18(23(24,25)26)16-20(21)27-22(29)15-17-6-9-19(10-7-17)33(30,31)28-12-4-3-5-13-28/h6-11,16H,2-5,12-15H2,1H3,(H,27,29). The molecule has 1 heterocycles. The molecule has 1 aliphatic rings. The fourth-order valence-electron chi connectivity index (χ4n) is 3.56. The number of piperidine rings is 1. The van der Waals surface area contributed by atoms with Crippen LogP contribution in [0, 0.1) is 0 Å². The number of anilines is 1. The van der Waals surface area contributed by atoms with Crippen LogP contribution < -0.4 is 10.1 Å². The zero-order valence-corrected chi connectivity index (χ0v) is 19.1. The molecule has 1 N–H and O–H groups in total. The molecule has 2 aromatic carbocycles. The summed E-state index contributed by atoms with van der Waals surface area (Å²) in [5.74, 6) is -0.386. The molecule has 0 radical (unpaired) electrons. The topological polar surface area (TPSA) is 75.7 Å². The smallest absolute Gasteiger partial charge is 0.416 e. The van der Waals surface area contributed by atoms with Crippen LogP contribution in [-0.2, 0) is 27.4 Å². The van der Waals surface area contributed by atoms with Crippen LogP contribution in [0.5, 0.6) is 5.75 Å². The summed E-state index contributed by atoms with van der Waals surface area (Å²) in [7, 11) is -3.58. The van der Waals surface area contributed by atoms with Crippen molar-refractivity contribution in [3.8, 4) is 5.75 Å². The molecule has 6 nitrogen and oxygen atoms in total. The molecule has 0 aromatic heterocycles. The first-order valence-electron chi connectivity index (χ1n) is 10.8. The van der Waals surface area contributed by atoms with E-state index in [4.69, 9.17) is 4.74 Å². The lowest BCUT2D eigenvalue weighted by Crippen LogP contribution is -2.35. The van der Waals surface area contributed by atoms with Gasteiger partial charge in [0.1, 0.15) is 5.75 Å². The number of carbonyl (C=O) groups is 1. The minimum atomic E-state index is -4.56. The number of nitrogens with one attached hydrogen (secondary N) is 1. The van der Waals surface area contributed by atoms with Crippen molar-refractivity contribution in [1.29, 1.82) is 0 Å². The number of nitrogens with zero attached hydrogens (tertiary/aromatic N) is 1. The fraction of sp³-hybridized carbons (Fsp3) is 0.435. The molecule has 3 rings (SSSR count). The van der Waals surface area contributed by atoms with E-state index in [0.29, 0.717) is 31.7 Å². The Morgan fingerprint density at radius 2 is 1.73 bits per heavy atom. The van der Waals surface area contributed by atoms with E-state index in [0.717, 1.165) is 31.4 Å². The van der Waals surface area contributed by atoms with E-state index in [9.17, 15) is 26.4 Å². The Labute approximate surface area is 191 Å². The molecule has 0 spiro atoms. The molecule has 2 aromatic rings. The number of amides is 1. The number of hydrogen-bond acceptors (Lipinski definition) is 4. The van der Waals surface area contributed by atoms with Crippen LogP contribution >= 0.6 is 0 Å². The lowest BCUT2D eigenvalue weighted by atomic mass is 10.1. The summed E-state index contributed by atoms with van der Waals surface area (Å²) in [5.41, 5.74) is -0.422. The van der Waals surface area contributed by atoms with E-state index in [1.54, 1.807) is 0 Å². The van der Waals surface area contributed by atoms with E-state index >= 15 is 0 Å². The van der Waals surface area contributed by atoms with Crippen LogP contribution in [0.2, 0.25) is 0 Å². The summed E-state index contributed by atoms with van der Waals surface area (Å²) in [6.07, 6.45) is -1.36. The minimum absolute atomic E-state index is 0.0624. The van der Waals surface area contributed by atoms with Gasteiger partial charge in [-0.25, -0.2) is 8.42 Å².